The number of rotatable bonds is 10. The average molecular weight is 406 g/mol. The van der Waals surface area contributed by atoms with Gasteiger partial charge in [-0.3, -0.25) is 4.79 Å². The van der Waals surface area contributed by atoms with Gasteiger partial charge >= 0.3 is 0 Å². The van der Waals surface area contributed by atoms with Crippen molar-refractivity contribution in [3.05, 3.63) is 47.0 Å². The number of nitrogens with one attached hydrogen (secondary N) is 1. The lowest BCUT2D eigenvalue weighted by Crippen LogP contribution is -2.24. The van der Waals surface area contributed by atoms with Crippen LogP contribution in [0.4, 0.5) is 0 Å². The first-order chi connectivity index (χ1) is 13.5. The van der Waals surface area contributed by atoms with Crippen molar-refractivity contribution in [2.75, 3.05) is 34.2 Å². The number of carbonyl (C=O) groups is 1. The largest absolute Gasteiger partial charge is 0.493 e. The third-order valence-electron chi connectivity index (χ3n) is 4.27. The maximum Gasteiger partial charge on any atom is 0.230 e. The van der Waals surface area contributed by atoms with Gasteiger partial charge in [-0.25, -0.2) is 0 Å². The van der Waals surface area contributed by atoms with E-state index in [2.05, 4.69) is 5.32 Å². The van der Waals surface area contributed by atoms with Gasteiger partial charge in [0.1, 0.15) is 0 Å². The molecular weight excluding hydrogens is 378 g/mol. The van der Waals surface area contributed by atoms with Gasteiger partial charge in [0, 0.05) is 12.3 Å². The van der Waals surface area contributed by atoms with Gasteiger partial charge in [0.2, 0.25) is 5.91 Å². The highest BCUT2D eigenvalue weighted by atomic mass is 32.2. The van der Waals surface area contributed by atoms with Crippen molar-refractivity contribution < 1.29 is 23.7 Å². The molecule has 152 valence electrons. The molecule has 2 aromatic carbocycles. The second kappa shape index (κ2) is 10.7. The van der Waals surface area contributed by atoms with E-state index in [1.165, 1.54) is 0 Å². The highest BCUT2D eigenvalue weighted by Gasteiger charge is 2.10. The van der Waals surface area contributed by atoms with E-state index in [0.29, 0.717) is 35.3 Å². The molecule has 1 amide bonds. The highest BCUT2D eigenvalue weighted by Crippen LogP contribution is 2.32. The van der Waals surface area contributed by atoms with E-state index < -0.39 is 0 Å². The second-order valence-corrected chi connectivity index (χ2v) is 7.08. The van der Waals surface area contributed by atoms with Crippen LogP contribution >= 0.6 is 11.8 Å². The van der Waals surface area contributed by atoms with E-state index in [1.807, 2.05) is 37.3 Å². The predicted octanol–water partition coefficient (Wildman–Crippen LogP) is 3.58. The molecule has 0 aliphatic rings. The Hall–Kier alpha value is -2.54. The summed E-state index contributed by atoms with van der Waals surface area (Å²) in [5, 5.41) is 2.93. The molecule has 0 unspecified atom stereocenters. The molecular formula is C21H27NO5S. The summed E-state index contributed by atoms with van der Waals surface area (Å²) in [5.74, 6) is 3.80. The lowest BCUT2D eigenvalue weighted by molar-refractivity contribution is -0.118. The van der Waals surface area contributed by atoms with Gasteiger partial charge in [-0.05, 0) is 47.9 Å². The summed E-state index contributed by atoms with van der Waals surface area (Å²) >= 11 is 1.56. The van der Waals surface area contributed by atoms with Crippen LogP contribution in [0.2, 0.25) is 0 Å². The number of hydrogen-bond acceptors (Lipinski definition) is 6. The molecule has 0 heterocycles. The minimum absolute atomic E-state index is 0.0158. The van der Waals surface area contributed by atoms with Crippen LogP contribution < -0.4 is 24.3 Å². The molecule has 0 bridgehead atoms. The van der Waals surface area contributed by atoms with Crippen molar-refractivity contribution >= 4 is 17.7 Å². The van der Waals surface area contributed by atoms with Crippen molar-refractivity contribution in [1.29, 1.82) is 0 Å². The number of ether oxygens (including phenoxy) is 4. The smallest absolute Gasteiger partial charge is 0.230 e. The fraction of sp³-hybridized carbons (Fsp3) is 0.381. The molecule has 2 aromatic rings. The minimum Gasteiger partial charge on any atom is -0.493 e. The van der Waals surface area contributed by atoms with E-state index in [4.69, 9.17) is 18.9 Å². The van der Waals surface area contributed by atoms with Crippen LogP contribution in [0.15, 0.2) is 30.3 Å². The Kier molecular flexibility index (Phi) is 8.32. The van der Waals surface area contributed by atoms with Crippen molar-refractivity contribution in [3.8, 4) is 23.0 Å². The predicted molar refractivity (Wildman–Crippen MR) is 112 cm³/mol. The summed E-state index contributed by atoms with van der Waals surface area (Å²) in [5.41, 5.74) is 3.18. The summed E-state index contributed by atoms with van der Waals surface area (Å²) in [6.45, 7) is 2.46. The second-order valence-electron chi connectivity index (χ2n) is 6.09. The van der Waals surface area contributed by atoms with Gasteiger partial charge in [0.15, 0.2) is 23.0 Å². The molecule has 0 spiro atoms. The standard InChI is InChI=1S/C21H27NO5S/c1-14-8-18(25-3)20(27-5)10-16(14)12-28-13-21(23)22-11-15-6-7-17(24-2)19(9-15)26-4/h6-10H,11-13H2,1-5H3,(H,22,23). The van der Waals surface area contributed by atoms with Crippen molar-refractivity contribution in [2.45, 2.75) is 19.2 Å². The Balaban J connectivity index is 1.85. The molecule has 0 fully saturated rings. The van der Waals surface area contributed by atoms with Crippen LogP contribution in [0.1, 0.15) is 16.7 Å². The van der Waals surface area contributed by atoms with Crippen molar-refractivity contribution in [1.82, 2.24) is 5.32 Å². The number of carbonyl (C=O) groups excluding carboxylic acids is 1. The molecule has 0 aromatic heterocycles. The van der Waals surface area contributed by atoms with Gasteiger partial charge in [-0.2, -0.15) is 0 Å². The number of aryl methyl sites for hydroxylation is 1. The van der Waals surface area contributed by atoms with Crippen LogP contribution in [0, 0.1) is 6.92 Å². The molecule has 0 saturated heterocycles. The number of amides is 1. The topological polar surface area (TPSA) is 66.0 Å². The van der Waals surface area contributed by atoms with Crippen LogP contribution in [0.3, 0.4) is 0 Å². The molecule has 0 atom stereocenters. The monoisotopic (exact) mass is 405 g/mol. The van der Waals surface area contributed by atoms with Gasteiger partial charge in [0.25, 0.3) is 0 Å². The molecule has 28 heavy (non-hydrogen) atoms. The fourth-order valence-electron chi connectivity index (χ4n) is 2.67. The molecule has 7 heteroatoms. The Labute approximate surface area is 170 Å². The summed E-state index contributed by atoms with van der Waals surface area (Å²) < 4.78 is 21.2. The SMILES string of the molecule is COc1ccc(CNC(=O)CSCc2cc(OC)c(OC)cc2C)cc1OC. The lowest BCUT2D eigenvalue weighted by Gasteiger charge is -2.13. The number of thioether (sulfide) groups is 1. The Morgan fingerprint density at radius 1 is 0.893 bits per heavy atom. The fourth-order valence-corrected chi connectivity index (χ4v) is 3.59. The van der Waals surface area contributed by atoms with E-state index in [-0.39, 0.29) is 5.91 Å². The number of hydrogen-bond donors (Lipinski definition) is 1. The average Bonchev–Trinajstić information content (AvgIpc) is 2.72. The third-order valence-corrected chi connectivity index (χ3v) is 5.25. The maximum absolute atomic E-state index is 12.2. The molecule has 0 saturated carbocycles. The van der Waals surface area contributed by atoms with E-state index in [9.17, 15) is 4.79 Å². The third kappa shape index (κ3) is 5.73. The molecule has 0 aliphatic heterocycles. The Morgan fingerprint density at radius 3 is 2.14 bits per heavy atom. The van der Waals surface area contributed by atoms with Crippen molar-refractivity contribution in [2.24, 2.45) is 0 Å². The van der Waals surface area contributed by atoms with Gasteiger partial charge in [0.05, 0.1) is 34.2 Å². The van der Waals surface area contributed by atoms with E-state index in [0.717, 1.165) is 22.4 Å². The molecule has 6 nitrogen and oxygen atoms in total. The Bertz CT molecular complexity index is 810. The van der Waals surface area contributed by atoms with Crippen molar-refractivity contribution in [3.63, 3.8) is 0 Å². The first-order valence-electron chi connectivity index (χ1n) is 8.79. The highest BCUT2D eigenvalue weighted by molar-refractivity contribution is 7.99. The molecule has 0 radical (unpaired) electrons. The minimum atomic E-state index is -0.0158. The Morgan fingerprint density at radius 2 is 1.50 bits per heavy atom. The van der Waals surface area contributed by atoms with Gasteiger partial charge in [-0.1, -0.05) is 6.07 Å². The lowest BCUT2D eigenvalue weighted by atomic mass is 10.1. The zero-order chi connectivity index (χ0) is 20.5. The van der Waals surface area contributed by atoms with Gasteiger partial charge < -0.3 is 24.3 Å². The van der Waals surface area contributed by atoms with Gasteiger partial charge in [-0.15, -0.1) is 11.8 Å². The first kappa shape index (κ1) is 21.8. The summed E-state index contributed by atoms with van der Waals surface area (Å²) in [4.78, 5) is 12.2. The number of methoxy groups -OCH3 is 4. The van der Waals surface area contributed by atoms with E-state index in [1.54, 1.807) is 40.2 Å². The summed E-state index contributed by atoms with van der Waals surface area (Å²) in [6.07, 6.45) is 0. The van der Waals surface area contributed by atoms with Crippen LogP contribution in [0.5, 0.6) is 23.0 Å². The number of benzene rings is 2. The normalized spacial score (nSPS) is 10.3. The van der Waals surface area contributed by atoms with Crippen LogP contribution in [-0.4, -0.2) is 40.1 Å². The van der Waals surface area contributed by atoms with E-state index >= 15 is 0 Å². The van der Waals surface area contributed by atoms with Crippen LogP contribution in [-0.2, 0) is 17.1 Å². The molecule has 2 rings (SSSR count). The first-order valence-corrected chi connectivity index (χ1v) is 9.94. The molecule has 1 N–H and O–H groups in total. The zero-order valence-corrected chi connectivity index (χ0v) is 17.8. The zero-order valence-electron chi connectivity index (χ0n) is 17.0. The summed E-state index contributed by atoms with van der Waals surface area (Å²) in [6, 6.07) is 9.50. The van der Waals surface area contributed by atoms with Crippen LogP contribution in [0.25, 0.3) is 0 Å². The molecule has 0 aliphatic carbocycles. The quantitative estimate of drug-likeness (QED) is 0.652. The summed E-state index contributed by atoms with van der Waals surface area (Å²) in [7, 11) is 6.42. The maximum atomic E-state index is 12.2.